The van der Waals surface area contributed by atoms with E-state index in [0.717, 1.165) is 5.69 Å². The molecule has 0 aliphatic carbocycles. The maximum Gasteiger partial charge on any atom is 0.243 e. The van der Waals surface area contributed by atoms with Gasteiger partial charge in [0.25, 0.3) is 0 Å². The van der Waals surface area contributed by atoms with E-state index in [1.807, 2.05) is 5.38 Å². The third kappa shape index (κ3) is 3.79. The van der Waals surface area contributed by atoms with Crippen LogP contribution in [-0.2, 0) is 16.4 Å². The Morgan fingerprint density at radius 2 is 2.10 bits per heavy atom. The first-order chi connectivity index (χ1) is 9.40. The van der Waals surface area contributed by atoms with Gasteiger partial charge in [0, 0.05) is 27.3 Å². The maximum atomic E-state index is 12.3. The van der Waals surface area contributed by atoms with Crippen LogP contribution in [0.3, 0.4) is 0 Å². The van der Waals surface area contributed by atoms with E-state index >= 15 is 0 Å². The largest absolute Gasteiger partial charge is 0.398 e. The van der Waals surface area contributed by atoms with Crippen molar-refractivity contribution in [3.05, 3.63) is 37.7 Å². The summed E-state index contributed by atoms with van der Waals surface area (Å²) in [4.78, 5) is 4.15. The fourth-order valence-electron chi connectivity index (χ4n) is 1.61. The number of nitrogens with zero attached hydrogens (tertiary/aromatic N) is 1. The number of nitrogens with two attached hydrogens (primary N) is 1. The van der Waals surface area contributed by atoms with Crippen LogP contribution in [0.2, 0.25) is 0 Å². The Morgan fingerprint density at radius 1 is 1.35 bits per heavy atom. The van der Waals surface area contributed by atoms with Gasteiger partial charge in [-0.2, -0.15) is 0 Å². The summed E-state index contributed by atoms with van der Waals surface area (Å²) in [5.74, 6) is 0. The first kappa shape index (κ1) is 15.9. The number of hydrogen-bond acceptors (Lipinski definition) is 5. The highest BCUT2D eigenvalue weighted by molar-refractivity contribution is 9.11. The quantitative estimate of drug-likeness (QED) is 0.700. The zero-order chi connectivity index (χ0) is 14.8. The van der Waals surface area contributed by atoms with E-state index in [1.165, 1.54) is 11.3 Å². The summed E-state index contributed by atoms with van der Waals surface area (Å²) in [6.07, 6.45) is 0.538. The average molecular weight is 441 g/mol. The molecule has 0 atom stereocenters. The molecule has 0 spiro atoms. The van der Waals surface area contributed by atoms with Crippen LogP contribution >= 0.6 is 43.2 Å². The molecule has 2 aromatic rings. The molecule has 20 heavy (non-hydrogen) atoms. The summed E-state index contributed by atoms with van der Waals surface area (Å²) in [5.41, 5.74) is 8.55. The van der Waals surface area contributed by atoms with Gasteiger partial charge in [0.05, 0.1) is 16.9 Å². The number of aromatic nitrogens is 1. The van der Waals surface area contributed by atoms with Gasteiger partial charge in [-0.3, -0.25) is 0 Å². The number of nitrogen functional groups attached to an aromatic ring is 1. The molecule has 0 amide bonds. The van der Waals surface area contributed by atoms with Crippen LogP contribution in [0.4, 0.5) is 5.69 Å². The lowest BCUT2D eigenvalue weighted by molar-refractivity contribution is 0.581. The SMILES string of the molecule is Nc1cc(Br)cc(Br)c1S(=O)(=O)NCCc1cscn1. The minimum Gasteiger partial charge on any atom is -0.398 e. The van der Waals surface area contributed by atoms with E-state index in [1.54, 1.807) is 17.6 Å². The summed E-state index contributed by atoms with van der Waals surface area (Å²) in [6.45, 7) is 0.272. The highest BCUT2D eigenvalue weighted by Crippen LogP contribution is 2.31. The second-order valence-corrected chi connectivity index (χ2v) is 8.13. The number of halogens is 2. The zero-order valence-corrected chi connectivity index (χ0v) is 14.9. The molecule has 0 saturated heterocycles. The molecule has 0 saturated carbocycles. The molecule has 0 fully saturated rings. The van der Waals surface area contributed by atoms with Gasteiger partial charge in [0.1, 0.15) is 4.90 Å². The summed E-state index contributed by atoms with van der Waals surface area (Å²) in [6, 6.07) is 3.20. The summed E-state index contributed by atoms with van der Waals surface area (Å²) < 4.78 is 28.2. The van der Waals surface area contributed by atoms with Crippen LogP contribution in [0.5, 0.6) is 0 Å². The topological polar surface area (TPSA) is 85.1 Å². The van der Waals surface area contributed by atoms with Crippen molar-refractivity contribution in [1.29, 1.82) is 0 Å². The third-order valence-corrected chi connectivity index (χ3v) is 6.02. The lowest BCUT2D eigenvalue weighted by atomic mass is 10.3. The summed E-state index contributed by atoms with van der Waals surface area (Å²) in [7, 11) is -3.66. The molecule has 9 heteroatoms. The van der Waals surface area contributed by atoms with Crippen LogP contribution in [0.15, 0.2) is 36.9 Å². The van der Waals surface area contributed by atoms with Crippen molar-refractivity contribution in [1.82, 2.24) is 9.71 Å². The van der Waals surface area contributed by atoms with Crippen molar-refractivity contribution >= 4 is 58.9 Å². The Hall–Kier alpha value is -0.480. The second kappa shape index (κ2) is 6.52. The Bertz CT molecular complexity index is 679. The van der Waals surface area contributed by atoms with Gasteiger partial charge in [0.2, 0.25) is 10.0 Å². The molecule has 1 heterocycles. The first-order valence-electron chi connectivity index (χ1n) is 5.51. The molecule has 0 aliphatic heterocycles. The Labute approximate surface area is 137 Å². The third-order valence-electron chi connectivity index (χ3n) is 2.46. The molecule has 1 aromatic carbocycles. The molecule has 5 nitrogen and oxygen atoms in total. The molecule has 108 valence electrons. The highest BCUT2D eigenvalue weighted by Gasteiger charge is 2.21. The summed E-state index contributed by atoms with van der Waals surface area (Å²) >= 11 is 7.96. The Balaban J connectivity index is 2.14. The van der Waals surface area contributed by atoms with Crippen molar-refractivity contribution in [2.75, 3.05) is 12.3 Å². The summed E-state index contributed by atoms with van der Waals surface area (Å²) in [5, 5.41) is 1.89. The van der Waals surface area contributed by atoms with E-state index in [-0.39, 0.29) is 17.1 Å². The molecule has 3 N–H and O–H groups in total. The molecule has 0 unspecified atom stereocenters. The fourth-order valence-corrected chi connectivity index (χ4v) is 5.30. The molecule has 1 aromatic heterocycles. The van der Waals surface area contributed by atoms with Crippen molar-refractivity contribution in [3.8, 4) is 0 Å². The Morgan fingerprint density at radius 3 is 2.70 bits per heavy atom. The minimum atomic E-state index is -3.66. The molecule has 0 radical (unpaired) electrons. The fraction of sp³-hybridized carbons (Fsp3) is 0.182. The van der Waals surface area contributed by atoms with Crippen LogP contribution < -0.4 is 10.5 Å². The number of hydrogen-bond donors (Lipinski definition) is 2. The van der Waals surface area contributed by atoms with Crippen LogP contribution in [0.25, 0.3) is 0 Å². The van der Waals surface area contributed by atoms with Crippen LogP contribution in [0, 0.1) is 0 Å². The van der Waals surface area contributed by atoms with Crippen LogP contribution in [-0.4, -0.2) is 19.9 Å². The van der Waals surface area contributed by atoms with Gasteiger partial charge in [-0.1, -0.05) is 15.9 Å². The van der Waals surface area contributed by atoms with Gasteiger partial charge in [0.15, 0.2) is 0 Å². The highest BCUT2D eigenvalue weighted by atomic mass is 79.9. The van der Waals surface area contributed by atoms with Crippen molar-refractivity contribution in [3.63, 3.8) is 0 Å². The van der Waals surface area contributed by atoms with E-state index < -0.39 is 10.0 Å². The predicted octanol–water partition coefficient (Wildman–Crippen LogP) is 2.77. The van der Waals surface area contributed by atoms with Gasteiger partial charge >= 0.3 is 0 Å². The number of anilines is 1. The zero-order valence-electron chi connectivity index (χ0n) is 10.1. The van der Waals surface area contributed by atoms with E-state index in [9.17, 15) is 8.42 Å². The van der Waals surface area contributed by atoms with Gasteiger partial charge in [-0.25, -0.2) is 18.1 Å². The van der Waals surface area contributed by atoms with E-state index in [4.69, 9.17) is 5.73 Å². The second-order valence-electron chi connectivity index (χ2n) is 3.93. The standard InChI is InChI=1S/C11H11Br2N3O2S2/c12-7-3-9(13)11(10(14)4-7)20(17,18)16-2-1-8-5-19-6-15-8/h3-6,16H,1-2,14H2. The predicted molar refractivity (Wildman–Crippen MR) is 87.3 cm³/mol. The van der Waals surface area contributed by atoms with E-state index in [0.29, 0.717) is 15.4 Å². The molecule has 2 rings (SSSR count). The number of nitrogens with one attached hydrogen (secondary N) is 1. The minimum absolute atomic E-state index is 0.0546. The monoisotopic (exact) mass is 439 g/mol. The van der Waals surface area contributed by atoms with Gasteiger partial charge in [-0.15, -0.1) is 11.3 Å². The maximum absolute atomic E-state index is 12.3. The normalized spacial score (nSPS) is 11.7. The molecule has 0 bridgehead atoms. The van der Waals surface area contributed by atoms with Crippen molar-refractivity contribution in [2.24, 2.45) is 0 Å². The van der Waals surface area contributed by atoms with Gasteiger partial charge < -0.3 is 5.73 Å². The number of thiazole rings is 1. The number of rotatable bonds is 5. The molecular formula is C11H11Br2N3O2S2. The van der Waals surface area contributed by atoms with E-state index in [2.05, 4.69) is 41.6 Å². The lowest BCUT2D eigenvalue weighted by Gasteiger charge is -2.11. The van der Waals surface area contributed by atoms with Crippen LogP contribution in [0.1, 0.15) is 5.69 Å². The van der Waals surface area contributed by atoms with Crippen molar-refractivity contribution in [2.45, 2.75) is 11.3 Å². The van der Waals surface area contributed by atoms with Gasteiger partial charge in [-0.05, 0) is 28.1 Å². The number of sulfonamides is 1. The number of benzene rings is 1. The molecule has 0 aliphatic rings. The Kier molecular flexibility index (Phi) is 5.19. The molecular weight excluding hydrogens is 430 g/mol. The smallest absolute Gasteiger partial charge is 0.243 e. The van der Waals surface area contributed by atoms with Crippen molar-refractivity contribution < 1.29 is 8.42 Å². The first-order valence-corrected chi connectivity index (χ1v) is 9.52. The lowest BCUT2D eigenvalue weighted by Crippen LogP contribution is -2.27. The average Bonchev–Trinajstić information content (AvgIpc) is 2.79.